The van der Waals surface area contributed by atoms with Gasteiger partial charge in [0.05, 0.1) is 10.6 Å². The van der Waals surface area contributed by atoms with Gasteiger partial charge in [0.2, 0.25) is 0 Å². The molecule has 1 aromatic rings. The van der Waals surface area contributed by atoms with Gasteiger partial charge in [-0.2, -0.15) is 0 Å². The second-order valence-electron chi connectivity index (χ2n) is 5.06. The molecule has 106 valence electrons. The number of carbonyl (C=O) groups is 2. The number of rotatable bonds is 4. The Bertz CT molecular complexity index is 570. The Balaban J connectivity index is 2.28. The number of nitrogens with zero attached hydrogens (tertiary/aromatic N) is 3. The summed E-state index contributed by atoms with van der Waals surface area (Å²) in [6, 6.07) is 5.10. The van der Waals surface area contributed by atoms with Crippen LogP contribution in [0.15, 0.2) is 24.3 Å². The number of amides is 3. The van der Waals surface area contributed by atoms with Crippen LogP contribution in [0.5, 0.6) is 0 Å². The lowest BCUT2D eigenvalue weighted by molar-refractivity contribution is -0.384. The van der Waals surface area contributed by atoms with Crippen LogP contribution in [0, 0.1) is 16.0 Å². The van der Waals surface area contributed by atoms with Gasteiger partial charge < -0.3 is 4.90 Å². The summed E-state index contributed by atoms with van der Waals surface area (Å²) in [4.78, 5) is 36.8. The molecule has 0 saturated carbocycles. The van der Waals surface area contributed by atoms with Crippen LogP contribution >= 0.6 is 0 Å². The van der Waals surface area contributed by atoms with Gasteiger partial charge in [-0.25, -0.2) is 9.69 Å². The minimum absolute atomic E-state index is 0.0136. The molecule has 0 spiro atoms. The predicted octanol–water partition coefficient (Wildman–Crippen LogP) is 2.02. The van der Waals surface area contributed by atoms with Gasteiger partial charge in [-0.3, -0.25) is 14.9 Å². The SMILES string of the molecule is CC(C)CN1CC(=O)N(c2cccc([N+](=O)[O-])c2)C1=O. The first-order chi connectivity index (χ1) is 9.40. The lowest BCUT2D eigenvalue weighted by Crippen LogP contribution is -2.34. The quantitative estimate of drug-likeness (QED) is 0.479. The molecule has 1 aliphatic heterocycles. The number of hydrogen-bond acceptors (Lipinski definition) is 4. The maximum Gasteiger partial charge on any atom is 0.331 e. The molecule has 1 aromatic carbocycles. The summed E-state index contributed by atoms with van der Waals surface area (Å²) < 4.78 is 0. The topological polar surface area (TPSA) is 83.8 Å². The molecular weight excluding hydrogens is 262 g/mol. The molecule has 2 rings (SSSR count). The molecule has 1 saturated heterocycles. The van der Waals surface area contributed by atoms with E-state index in [0.717, 1.165) is 4.90 Å². The van der Waals surface area contributed by atoms with E-state index in [0.29, 0.717) is 6.54 Å². The Morgan fingerprint density at radius 3 is 2.65 bits per heavy atom. The highest BCUT2D eigenvalue weighted by Crippen LogP contribution is 2.25. The average molecular weight is 277 g/mol. The first-order valence-electron chi connectivity index (χ1n) is 6.26. The lowest BCUT2D eigenvalue weighted by Gasteiger charge is -2.18. The van der Waals surface area contributed by atoms with E-state index in [1.54, 1.807) is 0 Å². The maximum atomic E-state index is 12.2. The van der Waals surface area contributed by atoms with Gasteiger partial charge in [0, 0.05) is 18.7 Å². The molecule has 0 aliphatic carbocycles. The van der Waals surface area contributed by atoms with Crippen LogP contribution in [0.3, 0.4) is 0 Å². The van der Waals surface area contributed by atoms with Gasteiger partial charge in [0.1, 0.15) is 6.54 Å². The van der Waals surface area contributed by atoms with E-state index in [1.807, 2.05) is 13.8 Å². The molecule has 0 aromatic heterocycles. The number of non-ortho nitro benzene ring substituents is 1. The molecule has 0 radical (unpaired) electrons. The van der Waals surface area contributed by atoms with Crippen LogP contribution in [0.4, 0.5) is 16.2 Å². The average Bonchev–Trinajstić information content (AvgIpc) is 2.64. The Hall–Kier alpha value is -2.44. The van der Waals surface area contributed by atoms with Crippen LogP contribution in [-0.2, 0) is 4.79 Å². The third-order valence-electron chi connectivity index (χ3n) is 2.92. The van der Waals surface area contributed by atoms with Crippen molar-refractivity contribution in [3.8, 4) is 0 Å². The summed E-state index contributed by atoms with van der Waals surface area (Å²) in [7, 11) is 0. The van der Waals surface area contributed by atoms with E-state index >= 15 is 0 Å². The second-order valence-corrected chi connectivity index (χ2v) is 5.06. The molecule has 7 nitrogen and oxygen atoms in total. The van der Waals surface area contributed by atoms with Crippen molar-refractivity contribution >= 4 is 23.3 Å². The summed E-state index contributed by atoms with van der Waals surface area (Å²) in [5, 5.41) is 10.7. The van der Waals surface area contributed by atoms with Gasteiger partial charge in [0.15, 0.2) is 0 Å². The van der Waals surface area contributed by atoms with Gasteiger partial charge in [-0.15, -0.1) is 0 Å². The third kappa shape index (κ3) is 2.61. The van der Waals surface area contributed by atoms with Crippen LogP contribution in [0.2, 0.25) is 0 Å². The summed E-state index contributed by atoms with van der Waals surface area (Å²) in [5.74, 6) is -0.118. The Kier molecular flexibility index (Phi) is 3.69. The van der Waals surface area contributed by atoms with E-state index in [2.05, 4.69) is 0 Å². The fourth-order valence-electron chi connectivity index (χ4n) is 2.13. The van der Waals surface area contributed by atoms with Gasteiger partial charge in [-0.05, 0) is 12.0 Å². The zero-order valence-corrected chi connectivity index (χ0v) is 11.3. The molecule has 1 aliphatic rings. The van der Waals surface area contributed by atoms with Crippen molar-refractivity contribution in [1.82, 2.24) is 4.90 Å². The zero-order chi connectivity index (χ0) is 14.9. The van der Waals surface area contributed by atoms with Gasteiger partial charge in [-0.1, -0.05) is 19.9 Å². The first-order valence-corrected chi connectivity index (χ1v) is 6.26. The Morgan fingerprint density at radius 2 is 2.05 bits per heavy atom. The summed E-state index contributed by atoms with van der Waals surface area (Å²) in [5.41, 5.74) is 0.0888. The highest BCUT2D eigenvalue weighted by Gasteiger charge is 2.37. The number of hydrogen-bond donors (Lipinski definition) is 0. The lowest BCUT2D eigenvalue weighted by atomic mass is 10.2. The summed E-state index contributed by atoms with van der Waals surface area (Å²) in [6.07, 6.45) is 0. The molecule has 0 bridgehead atoms. The molecule has 1 fully saturated rings. The predicted molar refractivity (Wildman–Crippen MR) is 72.4 cm³/mol. The number of nitro benzene ring substituents is 1. The number of imide groups is 1. The minimum atomic E-state index is -0.555. The zero-order valence-electron chi connectivity index (χ0n) is 11.3. The van der Waals surface area contributed by atoms with Gasteiger partial charge >= 0.3 is 6.03 Å². The van der Waals surface area contributed by atoms with Crippen molar-refractivity contribution in [1.29, 1.82) is 0 Å². The van der Waals surface area contributed by atoms with Crippen LogP contribution < -0.4 is 4.90 Å². The van der Waals surface area contributed by atoms with E-state index in [4.69, 9.17) is 0 Å². The normalized spacial score (nSPS) is 15.3. The fourth-order valence-corrected chi connectivity index (χ4v) is 2.13. The second kappa shape index (κ2) is 5.28. The van der Waals surface area contributed by atoms with Crippen LogP contribution in [0.1, 0.15) is 13.8 Å². The molecule has 7 heteroatoms. The number of anilines is 1. The number of urea groups is 1. The monoisotopic (exact) mass is 277 g/mol. The Morgan fingerprint density at radius 1 is 1.35 bits per heavy atom. The third-order valence-corrected chi connectivity index (χ3v) is 2.92. The van der Waals surface area contributed by atoms with Crippen molar-refractivity contribution in [3.63, 3.8) is 0 Å². The molecule has 0 unspecified atom stereocenters. The highest BCUT2D eigenvalue weighted by molar-refractivity contribution is 6.19. The molecule has 0 atom stereocenters. The van der Waals surface area contributed by atoms with Crippen molar-refractivity contribution in [3.05, 3.63) is 34.4 Å². The number of carbonyl (C=O) groups excluding carboxylic acids is 2. The number of benzene rings is 1. The van der Waals surface area contributed by atoms with Crippen molar-refractivity contribution in [2.24, 2.45) is 5.92 Å². The van der Waals surface area contributed by atoms with E-state index in [9.17, 15) is 19.7 Å². The standard InChI is InChI=1S/C13H15N3O4/c1-9(2)7-14-8-12(17)15(13(14)18)10-4-3-5-11(6-10)16(19)20/h3-6,9H,7-8H2,1-2H3. The smallest absolute Gasteiger partial charge is 0.314 e. The van der Waals surface area contributed by atoms with Crippen molar-refractivity contribution < 1.29 is 14.5 Å². The summed E-state index contributed by atoms with van der Waals surface area (Å²) in [6.45, 7) is 4.40. The van der Waals surface area contributed by atoms with E-state index in [-0.39, 0.29) is 29.7 Å². The minimum Gasteiger partial charge on any atom is -0.314 e. The maximum absolute atomic E-state index is 12.2. The van der Waals surface area contributed by atoms with E-state index in [1.165, 1.54) is 29.2 Å². The molecule has 1 heterocycles. The Labute approximate surface area is 115 Å². The fraction of sp³-hybridized carbons (Fsp3) is 0.385. The molecule has 0 N–H and O–H groups in total. The molecular formula is C13H15N3O4. The first kappa shape index (κ1) is 14.0. The van der Waals surface area contributed by atoms with Crippen molar-refractivity contribution in [2.45, 2.75) is 13.8 Å². The van der Waals surface area contributed by atoms with Crippen molar-refractivity contribution in [2.75, 3.05) is 18.0 Å². The molecule has 20 heavy (non-hydrogen) atoms. The largest absolute Gasteiger partial charge is 0.331 e. The van der Waals surface area contributed by atoms with Crippen LogP contribution in [-0.4, -0.2) is 34.9 Å². The van der Waals surface area contributed by atoms with Crippen LogP contribution in [0.25, 0.3) is 0 Å². The van der Waals surface area contributed by atoms with Gasteiger partial charge in [0.25, 0.3) is 11.6 Å². The van der Waals surface area contributed by atoms with E-state index < -0.39 is 11.0 Å². The summed E-state index contributed by atoms with van der Waals surface area (Å²) >= 11 is 0. The molecule has 3 amide bonds. The highest BCUT2D eigenvalue weighted by atomic mass is 16.6. The number of nitro groups is 1.